The number of hydrogen-bond donors (Lipinski definition) is 1. The third kappa shape index (κ3) is 7.05. The Kier molecular flexibility index (Phi) is 6.71. The molecule has 0 saturated heterocycles. The molecule has 0 rings (SSSR count). The SMILES string of the molecule is O=NCCCC[C@@H](O)CN=O. The highest BCUT2D eigenvalue weighted by atomic mass is 16.3. The molecule has 5 heteroatoms. The molecule has 0 aliphatic heterocycles. The van der Waals surface area contributed by atoms with Gasteiger partial charge in [-0.05, 0) is 19.3 Å². The Balaban J connectivity index is 3.09. The summed E-state index contributed by atoms with van der Waals surface area (Å²) in [5.41, 5.74) is 0. The van der Waals surface area contributed by atoms with Crippen molar-refractivity contribution in [1.29, 1.82) is 0 Å². The maximum absolute atomic E-state index is 9.63. The van der Waals surface area contributed by atoms with Crippen molar-refractivity contribution in [2.24, 2.45) is 10.4 Å². The summed E-state index contributed by atoms with van der Waals surface area (Å²) < 4.78 is 0. The highest BCUT2D eigenvalue weighted by Gasteiger charge is 2.02. The first-order valence-corrected chi connectivity index (χ1v) is 3.57. The molecule has 1 N–H and O–H groups in total. The molecule has 0 fully saturated rings. The van der Waals surface area contributed by atoms with Gasteiger partial charge in [0.1, 0.15) is 6.54 Å². The van der Waals surface area contributed by atoms with Crippen LogP contribution in [0, 0.1) is 9.81 Å². The average molecular weight is 160 g/mol. The zero-order chi connectivity index (χ0) is 8.53. The Morgan fingerprint density at radius 2 is 1.91 bits per heavy atom. The topological polar surface area (TPSA) is 79.1 Å². The Hall–Kier alpha value is -0.840. The minimum Gasteiger partial charge on any atom is -0.391 e. The lowest BCUT2D eigenvalue weighted by Gasteiger charge is -2.02. The fraction of sp³-hybridized carbons (Fsp3) is 1.00. The van der Waals surface area contributed by atoms with Crippen LogP contribution in [0.1, 0.15) is 19.3 Å². The number of hydrogen-bond acceptors (Lipinski definition) is 5. The number of aliphatic hydroxyl groups excluding tert-OH is 1. The van der Waals surface area contributed by atoms with Crippen LogP contribution < -0.4 is 0 Å². The highest BCUT2D eigenvalue weighted by Crippen LogP contribution is 2.00. The molecule has 0 radical (unpaired) electrons. The zero-order valence-corrected chi connectivity index (χ0v) is 6.27. The molecule has 0 aromatic carbocycles. The quantitative estimate of drug-likeness (QED) is 0.446. The van der Waals surface area contributed by atoms with E-state index in [2.05, 4.69) is 10.4 Å². The molecule has 0 spiro atoms. The highest BCUT2D eigenvalue weighted by molar-refractivity contribution is 4.58. The van der Waals surface area contributed by atoms with Gasteiger partial charge in [-0.25, -0.2) is 0 Å². The molecule has 0 aromatic rings. The van der Waals surface area contributed by atoms with Gasteiger partial charge in [-0.2, -0.15) is 9.81 Å². The summed E-state index contributed by atoms with van der Waals surface area (Å²) in [6, 6.07) is 0. The van der Waals surface area contributed by atoms with Crippen molar-refractivity contribution in [2.45, 2.75) is 25.4 Å². The van der Waals surface area contributed by atoms with Crippen LogP contribution in [-0.2, 0) is 0 Å². The van der Waals surface area contributed by atoms with Crippen LogP contribution in [0.2, 0.25) is 0 Å². The summed E-state index contributed by atoms with van der Waals surface area (Å²) in [6.45, 7) is 0.218. The minimum atomic E-state index is -0.654. The van der Waals surface area contributed by atoms with Gasteiger partial charge in [-0.3, -0.25) is 0 Å². The number of rotatable bonds is 7. The van der Waals surface area contributed by atoms with Crippen molar-refractivity contribution >= 4 is 0 Å². The third-order valence-corrected chi connectivity index (χ3v) is 1.32. The molecule has 5 nitrogen and oxygen atoms in total. The van der Waals surface area contributed by atoms with Gasteiger partial charge >= 0.3 is 0 Å². The predicted molar refractivity (Wildman–Crippen MR) is 41.2 cm³/mol. The van der Waals surface area contributed by atoms with Crippen LogP contribution in [0.25, 0.3) is 0 Å². The number of nitroso groups, excluding NO2 is 2. The Morgan fingerprint density at radius 1 is 1.18 bits per heavy atom. The van der Waals surface area contributed by atoms with E-state index in [0.717, 1.165) is 0 Å². The van der Waals surface area contributed by atoms with Crippen molar-refractivity contribution in [1.82, 2.24) is 0 Å². The molecular weight excluding hydrogens is 148 g/mol. The first-order chi connectivity index (χ1) is 5.31. The summed E-state index contributed by atoms with van der Waals surface area (Å²) in [5.74, 6) is 0. The second-order valence-corrected chi connectivity index (χ2v) is 2.31. The van der Waals surface area contributed by atoms with Crippen molar-refractivity contribution < 1.29 is 5.11 Å². The van der Waals surface area contributed by atoms with E-state index in [1.165, 1.54) is 0 Å². The van der Waals surface area contributed by atoms with Crippen molar-refractivity contribution in [3.05, 3.63) is 9.81 Å². The monoisotopic (exact) mass is 160 g/mol. The van der Waals surface area contributed by atoms with Gasteiger partial charge in [-0.1, -0.05) is 10.4 Å². The first kappa shape index (κ1) is 10.2. The fourth-order valence-electron chi connectivity index (χ4n) is 0.734. The summed E-state index contributed by atoms with van der Waals surface area (Å²) in [6.07, 6.45) is 1.24. The Bertz CT molecular complexity index is 118. The molecular formula is C6H12N2O3. The van der Waals surface area contributed by atoms with E-state index >= 15 is 0 Å². The van der Waals surface area contributed by atoms with Crippen LogP contribution in [0.5, 0.6) is 0 Å². The number of nitrogens with zero attached hydrogens (tertiary/aromatic N) is 2. The lowest BCUT2D eigenvalue weighted by atomic mass is 10.1. The van der Waals surface area contributed by atoms with Gasteiger partial charge in [0.05, 0.1) is 12.6 Å². The summed E-state index contributed by atoms with van der Waals surface area (Å²) in [7, 11) is 0. The van der Waals surface area contributed by atoms with E-state index in [0.29, 0.717) is 19.3 Å². The zero-order valence-electron chi connectivity index (χ0n) is 6.27. The van der Waals surface area contributed by atoms with Gasteiger partial charge in [0.2, 0.25) is 0 Å². The molecule has 0 amide bonds. The normalized spacial score (nSPS) is 12.5. The molecule has 0 bridgehead atoms. The summed E-state index contributed by atoms with van der Waals surface area (Å²) in [5, 5.41) is 14.2. The molecule has 0 aliphatic rings. The van der Waals surface area contributed by atoms with E-state index < -0.39 is 6.10 Å². The first-order valence-electron chi connectivity index (χ1n) is 3.57. The van der Waals surface area contributed by atoms with Crippen LogP contribution in [0.3, 0.4) is 0 Å². The molecule has 0 heterocycles. The van der Waals surface area contributed by atoms with E-state index in [-0.39, 0.29) is 13.1 Å². The second kappa shape index (κ2) is 7.27. The Labute approximate surface area is 64.7 Å². The van der Waals surface area contributed by atoms with Crippen molar-refractivity contribution in [2.75, 3.05) is 13.1 Å². The van der Waals surface area contributed by atoms with E-state index in [1.54, 1.807) is 0 Å². The maximum atomic E-state index is 9.63. The lowest BCUT2D eigenvalue weighted by molar-refractivity contribution is 0.169. The minimum absolute atomic E-state index is 0.0610. The van der Waals surface area contributed by atoms with Crippen molar-refractivity contribution in [3.8, 4) is 0 Å². The standard InChI is InChI=1S/C6H12N2O3/c9-6(5-8-11)3-1-2-4-7-10/h6,9H,1-5H2/t6-/m1/s1. The van der Waals surface area contributed by atoms with Crippen LogP contribution in [0.15, 0.2) is 10.4 Å². The second-order valence-electron chi connectivity index (χ2n) is 2.31. The van der Waals surface area contributed by atoms with Gasteiger partial charge < -0.3 is 5.11 Å². The molecule has 64 valence electrons. The van der Waals surface area contributed by atoms with Crippen molar-refractivity contribution in [3.63, 3.8) is 0 Å². The smallest absolute Gasteiger partial charge is 0.107 e. The molecule has 0 aromatic heterocycles. The van der Waals surface area contributed by atoms with Gasteiger partial charge in [0.25, 0.3) is 0 Å². The van der Waals surface area contributed by atoms with Crippen LogP contribution in [-0.4, -0.2) is 24.3 Å². The molecule has 1 atom stereocenters. The average Bonchev–Trinajstić information content (AvgIpc) is 1.99. The predicted octanol–water partition coefficient (Wildman–Crippen LogP) is 1.05. The van der Waals surface area contributed by atoms with E-state index in [9.17, 15) is 9.81 Å². The summed E-state index contributed by atoms with van der Waals surface area (Å²) >= 11 is 0. The number of unbranched alkanes of at least 4 members (excludes halogenated alkanes) is 1. The van der Waals surface area contributed by atoms with Gasteiger partial charge in [0, 0.05) is 0 Å². The van der Waals surface area contributed by atoms with Gasteiger partial charge in [-0.15, -0.1) is 0 Å². The fourth-order valence-corrected chi connectivity index (χ4v) is 0.734. The molecule has 0 saturated carbocycles. The lowest BCUT2D eigenvalue weighted by Crippen LogP contribution is -2.09. The van der Waals surface area contributed by atoms with Crippen LogP contribution in [0.4, 0.5) is 0 Å². The third-order valence-electron chi connectivity index (χ3n) is 1.32. The molecule has 11 heavy (non-hydrogen) atoms. The largest absolute Gasteiger partial charge is 0.391 e. The summed E-state index contributed by atoms with van der Waals surface area (Å²) in [4.78, 5) is 19.2. The van der Waals surface area contributed by atoms with Crippen LogP contribution >= 0.6 is 0 Å². The van der Waals surface area contributed by atoms with E-state index in [4.69, 9.17) is 5.11 Å². The molecule has 0 aliphatic carbocycles. The maximum Gasteiger partial charge on any atom is 0.107 e. The van der Waals surface area contributed by atoms with E-state index in [1.807, 2.05) is 0 Å². The van der Waals surface area contributed by atoms with Gasteiger partial charge in [0.15, 0.2) is 0 Å². The Morgan fingerprint density at radius 3 is 2.45 bits per heavy atom. The number of aliphatic hydroxyl groups is 1. The molecule has 0 unspecified atom stereocenters.